The first-order chi connectivity index (χ1) is 16.5. The van der Waals surface area contributed by atoms with Crippen LogP contribution in [0.2, 0.25) is 0 Å². The predicted octanol–water partition coefficient (Wildman–Crippen LogP) is 5.09. The van der Waals surface area contributed by atoms with E-state index < -0.39 is 0 Å². The van der Waals surface area contributed by atoms with Crippen LogP contribution in [-0.2, 0) is 6.54 Å². The summed E-state index contributed by atoms with van der Waals surface area (Å²) >= 11 is 1.78. The Morgan fingerprint density at radius 2 is 2.12 bits per heavy atom. The van der Waals surface area contributed by atoms with Gasteiger partial charge in [0, 0.05) is 33.3 Å². The summed E-state index contributed by atoms with van der Waals surface area (Å²) < 4.78 is 0. The van der Waals surface area contributed by atoms with Crippen molar-refractivity contribution >= 4 is 28.1 Å². The number of nitrogens with zero attached hydrogens (tertiary/aromatic N) is 1. The summed E-state index contributed by atoms with van der Waals surface area (Å²) in [6, 6.07) is 16.8. The van der Waals surface area contributed by atoms with E-state index in [0.717, 1.165) is 53.4 Å². The number of aryl methyl sites for hydroxylation is 1. The van der Waals surface area contributed by atoms with Crippen LogP contribution in [0, 0.1) is 6.92 Å². The average molecular weight is 475 g/mol. The Bertz CT molecular complexity index is 1310. The van der Waals surface area contributed by atoms with Crippen molar-refractivity contribution in [3.63, 3.8) is 0 Å². The Labute approximate surface area is 203 Å². The van der Waals surface area contributed by atoms with Gasteiger partial charge < -0.3 is 15.7 Å². The van der Waals surface area contributed by atoms with E-state index in [0.29, 0.717) is 11.6 Å². The maximum Gasteiger partial charge on any atom is 0.252 e. The van der Waals surface area contributed by atoms with Crippen molar-refractivity contribution in [1.29, 1.82) is 0 Å². The van der Waals surface area contributed by atoms with E-state index in [9.17, 15) is 9.90 Å². The molecule has 5 rings (SSSR count). The molecule has 1 aliphatic rings. The number of fused-ring (bicyclic) bond motifs is 1. The lowest BCUT2D eigenvalue weighted by Gasteiger charge is -2.16. The molecule has 3 atom stereocenters. The van der Waals surface area contributed by atoms with Crippen LogP contribution in [0.4, 0.5) is 0 Å². The van der Waals surface area contributed by atoms with Gasteiger partial charge in [0.1, 0.15) is 0 Å². The summed E-state index contributed by atoms with van der Waals surface area (Å²) in [5.41, 5.74) is 4.67. The molecule has 0 aliphatic heterocycles. The molecule has 0 saturated heterocycles. The zero-order valence-corrected chi connectivity index (χ0v) is 20.3. The second kappa shape index (κ2) is 9.70. The fourth-order valence-corrected chi connectivity index (χ4v) is 5.64. The van der Waals surface area contributed by atoms with Crippen molar-refractivity contribution < 1.29 is 9.90 Å². The highest BCUT2D eigenvalue weighted by Crippen LogP contribution is 2.30. The largest absolute Gasteiger partial charge is 0.393 e. The molecule has 1 unspecified atom stereocenters. The Hall–Kier alpha value is -3.00. The standard InChI is InChI=1S/C27H30N4O2S/c1-16-10-20-14-29-31-25(20)13-24(16)27(33)30-17(2)18-4-3-5-19(11-18)26-9-8-23(34-26)15-28-21-6-7-22(32)12-21/h3-5,8-11,13-14,17,21-22,28,32H,6-7,12,15H2,1-2H3,(H,29,31)(H,30,33)/t17-,21?,22-/m1/s1. The van der Waals surface area contributed by atoms with Crippen molar-refractivity contribution in [3.8, 4) is 10.4 Å². The first-order valence-electron chi connectivity index (χ1n) is 11.8. The first-order valence-corrected chi connectivity index (χ1v) is 12.6. The minimum Gasteiger partial charge on any atom is -0.393 e. The summed E-state index contributed by atoms with van der Waals surface area (Å²) in [6.45, 7) is 4.79. The van der Waals surface area contributed by atoms with Gasteiger partial charge in [0.15, 0.2) is 0 Å². The van der Waals surface area contributed by atoms with Crippen LogP contribution >= 0.6 is 11.3 Å². The highest BCUT2D eigenvalue weighted by Gasteiger charge is 2.22. The Morgan fingerprint density at radius 3 is 2.94 bits per heavy atom. The normalized spacial score (nSPS) is 18.9. The number of aromatic amines is 1. The van der Waals surface area contributed by atoms with Crippen LogP contribution in [0.5, 0.6) is 0 Å². The number of thiophene rings is 1. The molecule has 4 N–H and O–H groups in total. The number of amides is 1. The van der Waals surface area contributed by atoms with Gasteiger partial charge in [0.05, 0.1) is 23.9 Å². The zero-order valence-electron chi connectivity index (χ0n) is 19.5. The molecule has 2 aromatic carbocycles. The van der Waals surface area contributed by atoms with Gasteiger partial charge in [0.25, 0.3) is 5.91 Å². The molecule has 2 aromatic heterocycles. The molecule has 6 nitrogen and oxygen atoms in total. The number of hydrogen-bond donors (Lipinski definition) is 4. The number of aromatic nitrogens is 2. The molecule has 176 valence electrons. The van der Waals surface area contributed by atoms with Crippen LogP contribution in [0.25, 0.3) is 21.3 Å². The lowest BCUT2D eigenvalue weighted by Crippen LogP contribution is -2.27. The van der Waals surface area contributed by atoms with Gasteiger partial charge in [-0.05, 0) is 80.1 Å². The molecule has 0 radical (unpaired) electrons. The Kier molecular flexibility index (Phi) is 6.50. The summed E-state index contributed by atoms with van der Waals surface area (Å²) in [4.78, 5) is 15.5. The van der Waals surface area contributed by atoms with Crippen LogP contribution in [0.3, 0.4) is 0 Å². The highest BCUT2D eigenvalue weighted by atomic mass is 32.1. The molecule has 0 spiro atoms. The number of benzene rings is 2. The van der Waals surface area contributed by atoms with Gasteiger partial charge in [-0.25, -0.2) is 0 Å². The smallest absolute Gasteiger partial charge is 0.252 e. The molecule has 34 heavy (non-hydrogen) atoms. The van der Waals surface area contributed by atoms with Gasteiger partial charge >= 0.3 is 0 Å². The zero-order chi connectivity index (χ0) is 23.7. The SMILES string of the molecule is Cc1cc2cn[nH]c2cc1C(=O)N[C@H](C)c1cccc(-c2ccc(CNC3CC[C@@H](O)C3)s2)c1. The fourth-order valence-electron chi connectivity index (χ4n) is 4.68. The molecule has 7 heteroatoms. The van der Waals surface area contributed by atoms with E-state index in [1.807, 2.05) is 32.0 Å². The number of H-pyrrole nitrogens is 1. The van der Waals surface area contributed by atoms with Gasteiger partial charge in [-0.2, -0.15) is 5.10 Å². The topological polar surface area (TPSA) is 90.0 Å². The van der Waals surface area contributed by atoms with E-state index >= 15 is 0 Å². The summed E-state index contributed by atoms with van der Waals surface area (Å²) in [5, 5.41) is 24.4. The first kappa shape index (κ1) is 22.8. The summed E-state index contributed by atoms with van der Waals surface area (Å²) in [5.74, 6) is -0.0894. The molecule has 1 fully saturated rings. The van der Waals surface area contributed by atoms with Crippen LogP contribution in [0.1, 0.15) is 58.6 Å². The quantitative estimate of drug-likeness (QED) is 0.300. The number of aliphatic hydroxyl groups is 1. The van der Waals surface area contributed by atoms with E-state index in [1.165, 1.54) is 9.75 Å². The van der Waals surface area contributed by atoms with Crippen LogP contribution < -0.4 is 10.6 Å². The molecular formula is C27H30N4O2S. The summed E-state index contributed by atoms with van der Waals surface area (Å²) in [6.07, 6.45) is 4.40. The molecule has 1 aliphatic carbocycles. The fraction of sp³-hybridized carbons (Fsp3) is 0.333. The van der Waals surface area contributed by atoms with Crippen LogP contribution in [-0.4, -0.2) is 33.4 Å². The van der Waals surface area contributed by atoms with Crippen molar-refractivity contribution in [3.05, 3.63) is 76.3 Å². The third-order valence-corrected chi connectivity index (χ3v) is 7.81. The Balaban J connectivity index is 1.25. The molecule has 2 heterocycles. The van der Waals surface area contributed by atoms with Crippen molar-refractivity contribution in [1.82, 2.24) is 20.8 Å². The third-order valence-electron chi connectivity index (χ3n) is 6.68. The van der Waals surface area contributed by atoms with E-state index in [1.54, 1.807) is 17.5 Å². The number of rotatable bonds is 7. The lowest BCUT2D eigenvalue weighted by molar-refractivity contribution is 0.0939. The lowest BCUT2D eigenvalue weighted by atomic mass is 10.0. The van der Waals surface area contributed by atoms with Gasteiger partial charge in [0.2, 0.25) is 0 Å². The molecule has 0 bridgehead atoms. The number of hydrogen-bond acceptors (Lipinski definition) is 5. The van der Waals surface area contributed by atoms with Crippen molar-refractivity contribution in [2.45, 2.75) is 57.8 Å². The van der Waals surface area contributed by atoms with Gasteiger partial charge in [-0.3, -0.25) is 9.89 Å². The number of nitrogens with one attached hydrogen (secondary N) is 3. The Morgan fingerprint density at radius 1 is 1.24 bits per heavy atom. The second-order valence-electron chi connectivity index (χ2n) is 9.26. The summed E-state index contributed by atoms with van der Waals surface area (Å²) in [7, 11) is 0. The number of carbonyl (C=O) groups excluding carboxylic acids is 1. The molecular weight excluding hydrogens is 444 g/mol. The second-order valence-corrected chi connectivity index (χ2v) is 10.4. The van der Waals surface area contributed by atoms with Crippen molar-refractivity contribution in [2.24, 2.45) is 0 Å². The minimum absolute atomic E-state index is 0.0894. The average Bonchev–Trinajstić information content (AvgIpc) is 3.58. The van der Waals surface area contributed by atoms with Crippen molar-refractivity contribution in [2.75, 3.05) is 0 Å². The van der Waals surface area contributed by atoms with Crippen LogP contribution in [0.15, 0.2) is 54.7 Å². The molecule has 1 amide bonds. The van der Waals surface area contributed by atoms with E-state index in [-0.39, 0.29) is 18.1 Å². The van der Waals surface area contributed by atoms with Gasteiger partial charge in [-0.15, -0.1) is 11.3 Å². The predicted molar refractivity (Wildman–Crippen MR) is 137 cm³/mol. The number of aliphatic hydroxyl groups excluding tert-OH is 1. The van der Waals surface area contributed by atoms with Gasteiger partial charge in [-0.1, -0.05) is 18.2 Å². The van der Waals surface area contributed by atoms with E-state index in [4.69, 9.17) is 0 Å². The third kappa shape index (κ3) is 4.92. The van der Waals surface area contributed by atoms with E-state index in [2.05, 4.69) is 51.2 Å². The monoisotopic (exact) mass is 474 g/mol. The maximum atomic E-state index is 13.0. The maximum absolute atomic E-state index is 13.0. The highest BCUT2D eigenvalue weighted by molar-refractivity contribution is 7.15. The number of carbonyl (C=O) groups is 1. The molecule has 1 saturated carbocycles. The molecule has 4 aromatic rings. The minimum atomic E-state index is -0.154.